The molecule has 0 spiro atoms. The zero-order valence-electron chi connectivity index (χ0n) is 40.7. The quantitative estimate of drug-likeness (QED) is 0.0397. The minimum Gasteiger partial charge on any atom is -0.481 e. The first kappa shape index (κ1) is 55.3. The number of thiazole rings is 2. The molecule has 0 unspecified atom stereocenters. The fraction of sp³-hybridized carbons (Fsp3) is 0.319. The standard InChI is InChI=1S/C25H28N6O5S.C22H24N6O7S2/c1-4-36-23(35)21-15(2)26-25(37-21)29-24-27-19(17-6-8-18(9-7-17)22(33)34)14-20(28-24)31-11-5-10-30(12-13-31)16(3)32;1-3-35-20(32)19-12(2)25-22(36-19)28-21-26-15(16(29)8-9-18(30)31)10-17(27-21)24-11-13-4-6-14(7-5-13)37(23,33)34/h6-9,14H,4-5,10-13H2,1-3H3,(H,33,34)(H,26,27,28,29);4-7,10H,3,8-9,11H2,1-2H3,(H,30,31)(H2,23,33,34)(H2,24,25,26,27,28). The van der Waals surface area contributed by atoms with Gasteiger partial charge < -0.3 is 34.8 Å². The molecule has 27 heteroatoms. The molecule has 390 valence electrons. The summed E-state index contributed by atoms with van der Waals surface area (Å²) in [5.74, 6) is -2.34. The molecular formula is C47H52N12O12S3. The minimum absolute atomic E-state index is 0.00240. The molecule has 1 aliphatic rings. The third-order valence-corrected chi connectivity index (χ3v) is 13.7. The lowest BCUT2D eigenvalue weighted by Crippen LogP contribution is -2.34. The molecule has 1 saturated heterocycles. The van der Waals surface area contributed by atoms with Crippen molar-refractivity contribution in [3.05, 3.63) is 98.6 Å². The Bertz CT molecular complexity index is 3150. The Morgan fingerprint density at radius 2 is 1.32 bits per heavy atom. The van der Waals surface area contributed by atoms with Crippen molar-refractivity contribution in [2.75, 3.05) is 60.2 Å². The van der Waals surface area contributed by atoms with Crippen LogP contribution in [0, 0.1) is 13.8 Å². The first-order valence-corrected chi connectivity index (χ1v) is 25.9. The van der Waals surface area contributed by atoms with Gasteiger partial charge in [-0.1, -0.05) is 46.9 Å². The highest BCUT2D eigenvalue weighted by molar-refractivity contribution is 7.89. The summed E-state index contributed by atoms with van der Waals surface area (Å²) in [7, 11) is -3.82. The summed E-state index contributed by atoms with van der Waals surface area (Å²) in [6.07, 6.45) is 0.173. The van der Waals surface area contributed by atoms with Gasteiger partial charge in [-0.25, -0.2) is 47.9 Å². The average Bonchev–Trinajstić information content (AvgIpc) is 3.80. The number of carbonyl (C=O) groups is 6. The maximum Gasteiger partial charge on any atom is 0.350 e. The number of esters is 2. The number of primary sulfonamides is 1. The van der Waals surface area contributed by atoms with Crippen LogP contribution in [0.1, 0.15) is 97.2 Å². The van der Waals surface area contributed by atoms with Gasteiger partial charge in [0.15, 0.2) is 16.0 Å². The van der Waals surface area contributed by atoms with Gasteiger partial charge in [0.2, 0.25) is 27.8 Å². The second-order valence-electron chi connectivity index (χ2n) is 16.0. The number of hydrogen-bond donors (Lipinski definition) is 6. The smallest absolute Gasteiger partial charge is 0.350 e. The first-order chi connectivity index (χ1) is 35.2. The number of carboxylic acid groups (broad SMARTS) is 2. The molecule has 7 N–H and O–H groups in total. The fourth-order valence-corrected chi connectivity index (χ4v) is 9.21. The number of ketones is 1. The van der Waals surface area contributed by atoms with Crippen LogP contribution < -0.4 is 26.0 Å². The number of benzene rings is 2. The van der Waals surface area contributed by atoms with E-state index in [2.05, 4.69) is 45.8 Å². The van der Waals surface area contributed by atoms with Crippen molar-refractivity contribution < 1.29 is 56.9 Å². The minimum atomic E-state index is -3.82. The number of ether oxygens (including phenoxy) is 2. The second-order valence-corrected chi connectivity index (χ2v) is 19.6. The van der Waals surface area contributed by atoms with Crippen LogP contribution in [0.4, 0.5) is 33.8 Å². The number of carboxylic acids is 2. The molecule has 74 heavy (non-hydrogen) atoms. The fourth-order valence-electron chi connectivity index (χ4n) is 6.98. The molecule has 1 aliphatic heterocycles. The van der Waals surface area contributed by atoms with Crippen LogP contribution in [0.2, 0.25) is 0 Å². The van der Waals surface area contributed by atoms with Crippen molar-refractivity contribution >= 4 is 102 Å². The third-order valence-electron chi connectivity index (χ3n) is 10.7. The molecule has 5 heterocycles. The van der Waals surface area contributed by atoms with E-state index in [1.165, 1.54) is 30.3 Å². The van der Waals surface area contributed by atoms with Crippen molar-refractivity contribution in [1.82, 2.24) is 34.8 Å². The van der Waals surface area contributed by atoms with E-state index in [0.29, 0.717) is 74.7 Å². The Morgan fingerprint density at radius 1 is 0.730 bits per heavy atom. The summed E-state index contributed by atoms with van der Waals surface area (Å²) in [6, 6.07) is 15.6. The van der Waals surface area contributed by atoms with Crippen LogP contribution in [0.25, 0.3) is 11.3 Å². The summed E-state index contributed by atoms with van der Waals surface area (Å²) in [5, 5.41) is 33.0. The summed E-state index contributed by atoms with van der Waals surface area (Å²) in [5.41, 5.74) is 3.16. The molecule has 1 amide bonds. The number of aromatic carboxylic acids is 1. The molecule has 0 saturated carbocycles. The Morgan fingerprint density at radius 3 is 1.86 bits per heavy atom. The molecule has 0 atom stereocenters. The van der Waals surface area contributed by atoms with Gasteiger partial charge in [-0.3, -0.25) is 25.0 Å². The zero-order valence-corrected chi connectivity index (χ0v) is 43.2. The largest absolute Gasteiger partial charge is 0.481 e. The van der Waals surface area contributed by atoms with Gasteiger partial charge >= 0.3 is 23.9 Å². The molecule has 4 aromatic heterocycles. The number of rotatable bonds is 19. The molecule has 6 aromatic rings. The molecule has 0 radical (unpaired) electrons. The van der Waals surface area contributed by atoms with E-state index in [4.69, 9.17) is 24.7 Å². The second kappa shape index (κ2) is 25.1. The number of amides is 1. The maximum absolute atomic E-state index is 12.6. The Balaban J connectivity index is 0.000000241. The van der Waals surface area contributed by atoms with E-state index in [0.717, 1.165) is 34.7 Å². The highest BCUT2D eigenvalue weighted by Gasteiger charge is 2.23. The Kier molecular flexibility index (Phi) is 18.8. The van der Waals surface area contributed by atoms with Crippen molar-refractivity contribution in [3.63, 3.8) is 0 Å². The third kappa shape index (κ3) is 15.3. The number of carbonyl (C=O) groups excluding carboxylic acids is 4. The lowest BCUT2D eigenvalue weighted by atomic mass is 10.1. The molecule has 2 aromatic carbocycles. The van der Waals surface area contributed by atoms with E-state index in [1.54, 1.807) is 58.9 Å². The molecule has 7 rings (SSSR count). The highest BCUT2D eigenvalue weighted by Crippen LogP contribution is 2.30. The van der Waals surface area contributed by atoms with Crippen LogP contribution in [0.5, 0.6) is 0 Å². The molecule has 1 fully saturated rings. The SMILES string of the molecule is CCOC(=O)c1sc(Nc2nc(-c3ccc(C(=O)O)cc3)cc(N3CCCN(C(C)=O)CC3)n2)nc1C.CCOC(=O)c1sc(Nc2nc(NCc3ccc(S(N)(=O)=O)cc3)cc(C(=O)CCC(=O)O)n2)nc1C. The number of nitrogens with two attached hydrogens (primary N) is 1. The lowest BCUT2D eigenvalue weighted by molar-refractivity contribution is -0.137. The van der Waals surface area contributed by atoms with Gasteiger partial charge in [0, 0.05) is 63.8 Å². The number of Topliss-reactive ketones (excluding diaryl/α,β-unsaturated/α-hetero) is 1. The normalized spacial score (nSPS) is 12.4. The van der Waals surface area contributed by atoms with Crippen LogP contribution in [-0.4, -0.2) is 128 Å². The van der Waals surface area contributed by atoms with Crippen molar-refractivity contribution in [2.24, 2.45) is 5.14 Å². The number of nitrogens with zero attached hydrogens (tertiary/aromatic N) is 8. The predicted octanol–water partition coefficient (Wildman–Crippen LogP) is 6.05. The maximum atomic E-state index is 12.6. The van der Waals surface area contributed by atoms with Crippen molar-refractivity contribution in [3.8, 4) is 11.3 Å². The number of anilines is 6. The topological polar surface area (TPSA) is 341 Å². The number of aliphatic carboxylic acids is 1. The van der Waals surface area contributed by atoms with Crippen molar-refractivity contribution in [1.29, 1.82) is 0 Å². The number of aryl methyl sites for hydroxylation is 2. The number of sulfonamides is 1. The van der Waals surface area contributed by atoms with Crippen LogP contribution in [0.15, 0.2) is 65.6 Å². The Hall–Kier alpha value is -8.01. The lowest BCUT2D eigenvalue weighted by Gasteiger charge is -2.23. The molecular weight excluding hydrogens is 1020 g/mol. The summed E-state index contributed by atoms with van der Waals surface area (Å²) in [4.78, 5) is 102. The van der Waals surface area contributed by atoms with Crippen LogP contribution >= 0.6 is 22.7 Å². The van der Waals surface area contributed by atoms with Gasteiger partial charge in [-0.2, -0.15) is 9.97 Å². The van der Waals surface area contributed by atoms with E-state index < -0.39 is 39.7 Å². The van der Waals surface area contributed by atoms with Crippen molar-refractivity contribution in [2.45, 2.75) is 65.3 Å². The molecule has 24 nitrogen and oxygen atoms in total. The van der Waals surface area contributed by atoms with E-state index >= 15 is 0 Å². The van der Waals surface area contributed by atoms with Gasteiger partial charge in [-0.15, -0.1) is 0 Å². The number of aromatic nitrogens is 6. The number of hydrogen-bond acceptors (Lipinski definition) is 22. The van der Waals surface area contributed by atoms with Crippen LogP contribution in [-0.2, 0) is 35.6 Å². The summed E-state index contributed by atoms with van der Waals surface area (Å²) < 4.78 is 33.0. The Labute approximate surface area is 432 Å². The number of nitrogens with one attached hydrogen (secondary N) is 3. The van der Waals surface area contributed by atoms with Gasteiger partial charge in [-0.05, 0) is 63.9 Å². The molecule has 0 bridgehead atoms. The monoisotopic (exact) mass is 1070 g/mol. The average molecular weight is 1070 g/mol. The van der Waals surface area contributed by atoms with E-state index in [-0.39, 0.29) is 72.4 Å². The van der Waals surface area contributed by atoms with E-state index in [9.17, 15) is 42.3 Å². The van der Waals surface area contributed by atoms with Crippen LogP contribution in [0.3, 0.4) is 0 Å². The zero-order chi connectivity index (χ0) is 53.7. The summed E-state index contributed by atoms with van der Waals surface area (Å²) in [6.45, 7) is 11.7. The predicted molar refractivity (Wildman–Crippen MR) is 274 cm³/mol. The summed E-state index contributed by atoms with van der Waals surface area (Å²) >= 11 is 2.19. The van der Waals surface area contributed by atoms with E-state index in [1.807, 2.05) is 11.0 Å². The van der Waals surface area contributed by atoms with Gasteiger partial charge in [0.1, 0.15) is 27.1 Å². The molecule has 0 aliphatic carbocycles. The first-order valence-electron chi connectivity index (χ1n) is 22.8. The van der Waals surface area contributed by atoms with Gasteiger partial charge in [0.05, 0.1) is 47.2 Å². The van der Waals surface area contributed by atoms with Gasteiger partial charge in [0.25, 0.3) is 0 Å². The highest BCUT2D eigenvalue weighted by atomic mass is 32.2.